The van der Waals surface area contributed by atoms with Crippen LogP contribution in [0.5, 0.6) is 5.75 Å². The number of nitrogens with zero attached hydrogens (tertiary/aromatic N) is 1. The van der Waals surface area contributed by atoms with Gasteiger partial charge in [0.15, 0.2) is 0 Å². The number of hydrogen-bond donors (Lipinski definition) is 0. The Morgan fingerprint density at radius 1 is 1.42 bits per heavy atom. The molecule has 5 heteroatoms. The summed E-state index contributed by atoms with van der Waals surface area (Å²) in [5.74, 6) is -0.353. The number of aryl methyl sites for hydroxylation is 2. The van der Waals surface area contributed by atoms with Crippen molar-refractivity contribution in [3.8, 4) is 5.75 Å². The first-order chi connectivity index (χ1) is 9.06. The maximum absolute atomic E-state index is 10.8. The fourth-order valence-electron chi connectivity index (χ4n) is 1.71. The number of thiazole rings is 1. The maximum atomic E-state index is 10.8. The third kappa shape index (κ3) is 3.54. The number of carbonyl (C=O) groups excluding carboxylic acids is 1. The van der Waals surface area contributed by atoms with Crippen LogP contribution in [-0.2, 0) is 6.42 Å². The summed E-state index contributed by atoms with van der Waals surface area (Å²) in [6.07, 6.45) is 0.590. The van der Waals surface area contributed by atoms with E-state index in [4.69, 9.17) is 4.74 Å². The number of benzene rings is 1. The Balaban J connectivity index is 1.92. The van der Waals surface area contributed by atoms with E-state index in [0.717, 1.165) is 27.7 Å². The van der Waals surface area contributed by atoms with Crippen molar-refractivity contribution in [3.05, 3.63) is 45.4 Å². The highest BCUT2D eigenvalue weighted by atomic mass is 32.1. The third-order valence-corrected chi connectivity index (χ3v) is 3.80. The van der Waals surface area contributed by atoms with Crippen molar-refractivity contribution < 1.29 is 14.6 Å². The number of ether oxygens (including phenoxy) is 1. The number of rotatable bonds is 5. The molecule has 0 radical (unpaired) electrons. The predicted octanol–water partition coefficient (Wildman–Crippen LogP) is 1.74. The molecule has 0 N–H and O–H groups in total. The van der Waals surface area contributed by atoms with Crippen LogP contribution >= 0.6 is 11.3 Å². The number of aromatic nitrogens is 1. The summed E-state index contributed by atoms with van der Waals surface area (Å²) in [4.78, 5) is 15.2. The van der Waals surface area contributed by atoms with Crippen LogP contribution in [0.15, 0.2) is 24.3 Å². The summed E-state index contributed by atoms with van der Waals surface area (Å²) < 4.78 is 5.60. The first-order valence-corrected chi connectivity index (χ1v) is 6.75. The largest absolute Gasteiger partial charge is 0.544 e. The van der Waals surface area contributed by atoms with Crippen molar-refractivity contribution in [2.75, 3.05) is 6.61 Å². The standard InChI is InChI=1S/C14H15NO3S/c1-9-4-3-5-11(8-9)18-7-6-12-15-10(2)13(19-12)14(16)17/h3-5,8H,6-7H2,1-2H3,(H,16,17)/p-1. The number of carbonyl (C=O) groups is 1. The highest BCUT2D eigenvalue weighted by Crippen LogP contribution is 2.18. The molecule has 0 aliphatic carbocycles. The molecule has 0 atom stereocenters. The zero-order valence-electron chi connectivity index (χ0n) is 10.8. The van der Waals surface area contributed by atoms with Crippen LogP contribution in [0.1, 0.15) is 25.9 Å². The second-order valence-electron chi connectivity index (χ2n) is 4.22. The molecule has 1 aromatic heterocycles. The van der Waals surface area contributed by atoms with Crippen LogP contribution in [0, 0.1) is 13.8 Å². The van der Waals surface area contributed by atoms with E-state index in [1.165, 1.54) is 0 Å². The molecular weight excluding hydrogens is 262 g/mol. The number of carboxylic acids is 1. The van der Waals surface area contributed by atoms with Gasteiger partial charge in [-0.25, -0.2) is 4.98 Å². The van der Waals surface area contributed by atoms with Crippen LogP contribution in [0.2, 0.25) is 0 Å². The minimum absolute atomic E-state index is 0.200. The maximum Gasteiger partial charge on any atom is 0.119 e. The van der Waals surface area contributed by atoms with Crippen LogP contribution in [0.4, 0.5) is 0 Å². The van der Waals surface area contributed by atoms with Gasteiger partial charge in [-0.05, 0) is 31.5 Å². The van der Waals surface area contributed by atoms with Crippen molar-refractivity contribution in [1.82, 2.24) is 4.98 Å². The lowest BCUT2D eigenvalue weighted by atomic mass is 10.2. The molecule has 0 saturated carbocycles. The van der Waals surface area contributed by atoms with Crippen LogP contribution < -0.4 is 9.84 Å². The van der Waals surface area contributed by atoms with E-state index >= 15 is 0 Å². The molecule has 0 bridgehead atoms. The number of hydrogen-bond acceptors (Lipinski definition) is 5. The van der Waals surface area contributed by atoms with Gasteiger partial charge >= 0.3 is 0 Å². The molecule has 19 heavy (non-hydrogen) atoms. The highest BCUT2D eigenvalue weighted by Gasteiger charge is 2.08. The van der Waals surface area contributed by atoms with Crippen molar-refractivity contribution in [3.63, 3.8) is 0 Å². The average Bonchev–Trinajstić information content (AvgIpc) is 2.71. The van der Waals surface area contributed by atoms with Gasteiger partial charge in [0.05, 0.1) is 28.2 Å². The lowest BCUT2D eigenvalue weighted by Gasteiger charge is -2.05. The summed E-state index contributed by atoms with van der Waals surface area (Å²) in [6.45, 7) is 4.15. The van der Waals surface area contributed by atoms with E-state index in [1.54, 1.807) is 6.92 Å². The monoisotopic (exact) mass is 276 g/mol. The Kier molecular flexibility index (Phi) is 4.16. The quantitative estimate of drug-likeness (QED) is 0.834. The molecule has 4 nitrogen and oxygen atoms in total. The van der Waals surface area contributed by atoms with Crippen molar-refractivity contribution in [2.45, 2.75) is 20.3 Å². The van der Waals surface area contributed by atoms with Gasteiger partial charge < -0.3 is 14.6 Å². The van der Waals surface area contributed by atoms with E-state index in [-0.39, 0.29) is 4.88 Å². The van der Waals surface area contributed by atoms with Gasteiger partial charge in [0, 0.05) is 6.42 Å². The second kappa shape index (κ2) is 5.84. The summed E-state index contributed by atoms with van der Waals surface area (Å²) in [6, 6.07) is 7.79. The van der Waals surface area contributed by atoms with Gasteiger partial charge in [0.25, 0.3) is 0 Å². The highest BCUT2D eigenvalue weighted by molar-refractivity contribution is 7.13. The molecule has 2 aromatic rings. The first-order valence-electron chi connectivity index (χ1n) is 5.93. The van der Waals surface area contributed by atoms with Gasteiger partial charge in [-0.3, -0.25) is 0 Å². The van der Waals surface area contributed by atoms with E-state index in [2.05, 4.69) is 4.98 Å². The lowest BCUT2D eigenvalue weighted by molar-refractivity contribution is -0.254. The Labute approximate surface area is 115 Å². The molecule has 0 spiro atoms. The van der Waals surface area contributed by atoms with Gasteiger partial charge in [-0.15, -0.1) is 11.3 Å². The normalized spacial score (nSPS) is 10.4. The first kappa shape index (κ1) is 13.5. The topological polar surface area (TPSA) is 62.2 Å². The minimum Gasteiger partial charge on any atom is -0.544 e. The zero-order chi connectivity index (χ0) is 13.8. The number of aromatic carboxylic acids is 1. The van der Waals surface area contributed by atoms with Crippen LogP contribution in [-0.4, -0.2) is 17.6 Å². The van der Waals surface area contributed by atoms with Crippen LogP contribution in [0.3, 0.4) is 0 Å². The molecule has 0 fully saturated rings. The smallest absolute Gasteiger partial charge is 0.119 e. The molecule has 1 aromatic carbocycles. The SMILES string of the molecule is Cc1cccc(OCCc2nc(C)c(C(=O)[O-])s2)c1. The Morgan fingerprint density at radius 3 is 2.84 bits per heavy atom. The average molecular weight is 276 g/mol. The van der Waals surface area contributed by atoms with Crippen molar-refractivity contribution >= 4 is 17.3 Å². The summed E-state index contributed by atoms with van der Waals surface area (Å²) in [7, 11) is 0. The molecule has 2 rings (SSSR count). The Morgan fingerprint density at radius 2 is 2.21 bits per heavy atom. The summed E-state index contributed by atoms with van der Waals surface area (Å²) in [5, 5.41) is 11.5. The van der Waals surface area contributed by atoms with E-state index in [9.17, 15) is 9.90 Å². The van der Waals surface area contributed by atoms with Crippen molar-refractivity contribution in [2.24, 2.45) is 0 Å². The zero-order valence-corrected chi connectivity index (χ0v) is 11.6. The molecular formula is C14H14NO3S-. The van der Waals surface area contributed by atoms with Gasteiger partial charge in [0.2, 0.25) is 0 Å². The molecule has 0 amide bonds. The van der Waals surface area contributed by atoms with E-state index in [0.29, 0.717) is 18.7 Å². The molecule has 1 heterocycles. The fourth-order valence-corrected chi connectivity index (χ4v) is 2.59. The molecule has 100 valence electrons. The van der Waals surface area contributed by atoms with E-state index in [1.807, 2.05) is 31.2 Å². The molecule has 0 aliphatic rings. The van der Waals surface area contributed by atoms with Gasteiger partial charge in [0.1, 0.15) is 5.75 Å². The van der Waals surface area contributed by atoms with Crippen LogP contribution in [0.25, 0.3) is 0 Å². The van der Waals surface area contributed by atoms with E-state index < -0.39 is 5.97 Å². The summed E-state index contributed by atoms with van der Waals surface area (Å²) >= 11 is 1.15. The minimum atomic E-state index is -1.17. The molecule has 0 aliphatic heterocycles. The number of carboxylic acid groups (broad SMARTS) is 1. The summed E-state index contributed by atoms with van der Waals surface area (Å²) in [5.41, 5.74) is 1.65. The molecule has 0 unspecified atom stereocenters. The Hall–Kier alpha value is -1.88. The van der Waals surface area contributed by atoms with Gasteiger partial charge in [-0.2, -0.15) is 0 Å². The lowest BCUT2D eigenvalue weighted by Crippen LogP contribution is -2.21. The van der Waals surface area contributed by atoms with Crippen molar-refractivity contribution in [1.29, 1.82) is 0 Å². The second-order valence-corrected chi connectivity index (χ2v) is 5.31. The molecule has 0 saturated heterocycles. The Bertz CT molecular complexity index is 592. The van der Waals surface area contributed by atoms with Gasteiger partial charge in [-0.1, -0.05) is 12.1 Å². The fraction of sp³-hybridized carbons (Fsp3) is 0.286. The third-order valence-electron chi connectivity index (χ3n) is 2.60. The predicted molar refractivity (Wildman–Crippen MR) is 71.6 cm³/mol.